The third-order valence-corrected chi connectivity index (χ3v) is 35.7. The lowest BCUT2D eigenvalue weighted by molar-refractivity contribution is 0.0356. The van der Waals surface area contributed by atoms with Crippen LogP contribution in [0.1, 0.15) is 458 Å². The van der Waals surface area contributed by atoms with E-state index >= 15 is 0 Å². The van der Waals surface area contributed by atoms with E-state index in [1.54, 1.807) is 31.3 Å². The molecule has 17 aliphatic carbocycles. The summed E-state index contributed by atoms with van der Waals surface area (Å²) in [6.07, 6.45) is 62.8. The molecule has 14 fully saturated rings. The molecule has 0 bridgehead atoms. The van der Waals surface area contributed by atoms with Crippen LogP contribution in [0, 0.1) is 191 Å². The summed E-state index contributed by atoms with van der Waals surface area (Å²) >= 11 is 0. The van der Waals surface area contributed by atoms with Crippen molar-refractivity contribution in [1.29, 1.82) is 0 Å². The monoisotopic (exact) mass is 1470 g/mol. The summed E-state index contributed by atoms with van der Waals surface area (Å²) in [6, 6.07) is 0. The van der Waals surface area contributed by atoms with E-state index in [2.05, 4.69) is 207 Å². The van der Waals surface area contributed by atoms with Crippen molar-refractivity contribution in [2.24, 2.45) is 191 Å². The molecule has 0 radical (unpaired) electrons. The second-order valence-corrected chi connectivity index (χ2v) is 52.1. The smallest absolute Gasteiger partial charge is 0.0176 e. The van der Waals surface area contributed by atoms with Crippen LogP contribution in [-0.2, 0) is 0 Å². The van der Waals surface area contributed by atoms with E-state index in [1.165, 1.54) is 231 Å². The van der Waals surface area contributed by atoms with Crippen LogP contribution in [-0.4, -0.2) is 0 Å². The minimum absolute atomic E-state index is 0.502. The average molecular weight is 1470 g/mol. The topological polar surface area (TPSA) is 0 Å². The molecular formula is C106H192. The van der Waals surface area contributed by atoms with Gasteiger partial charge in [0.1, 0.15) is 0 Å². The quantitative estimate of drug-likeness (QED) is 0.247. The van der Waals surface area contributed by atoms with Crippen molar-refractivity contribution in [2.75, 3.05) is 0 Å². The maximum atomic E-state index is 2.55. The number of hydrogen-bond acceptors (Lipinski definition) is 0. The Hall–Kier alpha value is -0.520. The second-order valence-electron chi connectivity index (χ2n) is 52.1. The lowest BCUT2D eigenvalue weighted by Crippen LogP contribution is -2.37. The van der Waals surface area contributed by atoms with Crippen molar-refractivity contribution >= 4 is 0 Å². The van der Waals surface area contributed by atoms with Crippen LogP contribution in [0.5, 0.6) is 0 Å². The van der Waals surface area contributed by atoms with Gasteiger partial charge in [0, 0.05) is 0 Å². The molecule has 0 saturated heterocycles. The third-order valence-electron chi connectivity index (χ3n) is 35.7. The highest BCUT2D eigenvalue weighted by atomic mass is 14.6. The third kappa shape index (κ3) is 26.0. The van der Waals surface area contributed by atoms with Crippen molar-refractivity contribution in [1.82, 2.24) is 0 Å². The van der Waals surface area contributed by atoms with Gasteiger partial charge in [-0.2, -0.15) is 0 Å². The molecule has 20 atom stereocenters. The Morgan fingerprint density at radius 1 is 0.283 bits per heavy atom. The lowest BCUT2D eigenvalue weighted by atomic mass is 9.58. The number of allylic oxidation sites excluding steroid dienone is 4. The first-order valence-electron chi connectivity index (χ1n) is 48.4. The Kier molecular flexibility index (Phi) is 30.6. The van der Waals surface area contributed by atoms with Crippen LogP contribution in [0.3, 0.4) is 0 Å². The van der Waals surface area contributed by atoms with Gasteiger partial charge in [-0.05, 0) is 390 Å². The molecule has 0 aromatic rings. The molecular weight excluding hydrogens is 1270 g/mol. The molecule has 20 unspecified atom stereocenters. The normalized spacial score (nSPS) is 38.3. The van der Waals surface area contributed by atoms with E-state index in [-0.39, 0.29) is 0 Å². The zero-order valence-corrected chi connectivity index (χ0v) is 77.7. The van der Waals surface area contributed by atoms with E-state index < -0.39 is 0 Å². The Labute approximate surface area is 667 Å². The van der Waals surface area contributed by atoms with Crippen LogP contribution >= 0.6 is 0 Å². The largest absolute Gasteiger partial charge is 0.0814 e. The molecule has 17 aliphatic rings. The standard InChI is InChI=1S/C14H28.C13H24.2C12H22.C12H20.2C11H20.C11H18.C10H18/c1-11-7-6-8-13(11)10-9-12(2)14(3,4)5;1-13(2,3)12-8-7-10-5-4-6-11(10)9-12;1-12(2,3)11-7-6-9-4-5-10(9)8-11;2*1-12(2,3)11-7-9-5-4-6-10(9)8-11;1-11(2,3)10-5-4-8-6-9(8)7-10;2*1-11(2,3)10-6-8-4-5-9(8)7-10;1-10(2,3)9-5-7-4-8(7)6-9/h11-13H,6-10H2,1-5H3;10-12H,4-9H2,1-3H3;2*9-11H,4-8H2,1-3H3;11H,4-8H2,1-3H3;2*8-10H,4-7H2,1-3H3;6,9-10H,4-5,7H2,1-3H3;7-9H,4-6H2,1-3H3. The van der Waals surface area contributed by atoms with Gasteiger partial charge in [-0.3, -0.25) is 0 Å². The Bertz CT molecular complexity index is 2590. The first kappa shape index (κ1) is 89.4. The van der Waals surface area contributed by atoms with E-state index in [1.807, 2.05) is 11.1 Å². The zero-order valence-electron chi connectivity index (χ0n) is 77.7. The Balaban J connectivity index is 0.000000138. The highest BCUT2D eigenvalue weighted by molar-refractivity contribution is 5.26. The number of fused-ring (bicyclic) bond motifs is 7. The first-order valence-corrected chi connectivity index (χ1v) is 48.4. The van der Waals surface area contributed by atoms with E-state index in [9.17, 15) is 0 Å². The SMILES string of the molecule is CC(C)(C)C1C=C2CCC2C1.CC(C)(C)C1CC2=C(CCC2)C1.CC(C)(C)C1CC2CC2C1.CC(C)(C)C1CC2CCC2C1.CC(C)(C)C1CC2CCCC2C1.CC(C)(C)C1CCC2CC2C1.CC(C)(C)C1CCC2CCC2C1.CC(C)(C)C1CCC2CCCC2C1.CC1CCCC1CCC(C)C(C)(C)C. The molecule has 17 rings (SSSR count). The molecule has 0 aromatic heterocycles. The molecule has 0 heterocycles. The Morgan fingerprint density at radius 3 is 0.925 bits per heavy atom. The summed E-state index contributed by atoms with van der Waals surface area (Å²) in [5.74, 6) is 25.5. The van der Waals surface area contributed by atoms with Gasteiger partial charge in [0.2, 0.25) is 0 Å². The van der Waals surface area contributed by atoms with Crippen LogP contribution in [0.2, 0.25) is 0 Å². The minimum atomic E-state index is 0.502. The summed E-state index contributed by atoms with van der Waals surface area (Å²) in [7, 11) is 0. The van der Waals surface area contributed by atoms with Crippen LogP contribution in [0.4, 0.5) is 0 Å². The number of rotatable bonds is 3. The fourth-order valence-corrected chi connectivity index (χ4v) is 25.1. The molecule has 0 amide bonds. The van der Waals surface area contributed by atoms with Gasteiger partial charge < -0.3 is 0 Å². The van der Waals surface area contributed by atoms with Crippen molar-refractivity contribution < 1.29 is 0 Å². The molecule has 0 spiro atoms. The van der Waals surface area contributed by atoms with Crippen molar-refractivity contribution in [2.45, 2.75) is 458 Å². The van der Waals surface area contributed by atoms with Gasteiger partial charge in [-0.25, -0.2) is 0 Å². The summed E-state index contributed by atoms with van der Waals surface area (Å²) in [5, 5.41) is 0. The second kappa shape index (κ2) is 36.3. The van der Waals surface area contributed by atoms with Crippen LogP contribution < -0.4 is 0 Å². The Morgan fingerprint density at radius 2 is 0.594 bits per heavy atom. The van der Waals surface area contributed by atoms with Crippen molar-refractivity contribution in [3.05, 3.63) is 22.8 Å². The highest BCUT2D eigenvalue weighted by Gasteiger charge is 2.50. The van der Waals surface area contributed by atoms with Gasteiger partial charge in [0.05, 0.1) is 0 Å². The number of hydrogen-bond donors (Lipinski definition) is 0. The van der Waals surface area contributed by atoms with Crippen LogP contribution in [0.25, 0.3) is 0 Å². The van der Waals surface area contributed by atoms with Crippen molar-refractivity contribution in [3.8, 4) is 0 Å². The summed E-state index contributed by atoms with van der Waals surface area (Å²) < 4.78 is 0. The first-order chi connectivity index (χ1) is 49.0. The molecule has 0 heteroatoms. The maximum Gasteiger partial charge on any atom is -0.0176 e. The maximum absolute atomic E-state index is 2.55. The van der Waals surface area contributed by atoms with E-state index in [4.69, 9.17) is 0 Å². The van der Waals surface area contributed by atoms with E-state index in [0.717, 1.165) is 142 Å². The van der Waals surface area contributed by atoms with Gasteiger partial charge in [0.25, 0.3) is 0 Å². The predicted octanol–water partition coefficient (Wildman–Crippen LogP) is 34.2. The fourth-order valence-electron chi connectivity index (χ4n) is 25.1. The molecule has 0 aliphatic heterocycles. The summed E-state index contributed by atoms with van der Waals surface area (Å²) in [6.45, 7) is 69.6. The van der Waals surface area contributed by atoms with Crippen LogP contribution in [0.15, 0.2) is 22.8 Å². The minimum Gasteiger partial charge on any atom is -0.0814 e. The summed E-state index contributed by atoms with van der Waals surface area (Å²) in [5.41, 5.74) is 10.4. The fraction of sp³-hybridized carbons (Fsp3) is 0.962. The van der Waals surface area contributed by atoms with Gasteiger partial charge in [0.15, 0.2) is 0 Å². The lowest BCUT2D eigenvalue weighted by Gasteiger charge is -2.47. The highest BCUT2D eigenvalue weighted by Crippen LogP contribution is 2.60. The summed E-state index contributed by atoms with van der Waals surface area (Å²) in [4.78, 5) is 0. The molecule has 0 aromatic carbocycles. The average Bonchev–Trinajstić information content (AvgIpc) is 1.56. The van der Waals surface area contributed by atoms with Gasteiger partial charge in [-0.15, -0.1) is 0 Å². The predicted molar refractivity (Wildman–Crippen MR) is 470 cm³/mol. The molecule has 0 nitrogen and oxygen atoms in total. The van der Waals surface area contributed by atoms with Gasteiger partial charge in [-0.1, -0.05) is 281 Å². The molecule has 0 N–H and O–H groups in total. The molecule has 14 saturated carbocycles. The zero-order chi connectivity index (χ0) is 78.1. The van der Waals surface area contributed by atoms with E-state index in [0.29, 0.717) is 48.7 Å². The van der Waals surface area contributed by atoms with Crippen molar-refractivity contribution in [3.63, 3.8) is 0 Å². The molecule has 106 heavy (non-hydrogen) atoms. The molecule has 616 valence electrons. The van der Waals surface area contributed by atoms with Gasteiger partial charge >= 0.3 is 0 Å².